The summed E-state index contributed by atoms with van der Waals surface area (Å²) in [6.07, 6.45) is 5.73. The Kier molecular flexibility index (Phi) is 4.43. The van der Waals surface area contributed by atoms with Crippen molar-refractivity contribution in [1.82, 2.24) is 24.5 Å². The van der Waals surface area contributed by atoms with E-state index in [1.807, 2.05) is 35.0 Å². The zero-order valence-electron chi connectivity index (χ0n) is 15.9. The van der Waals surface area contributed by atoms with E-state index < -0.39 is 9.84 Å². The molecule has 1 aliphatic rings. The van der Waals surface area contributed by atoms with Gasteiger partial charge in [0.05, 0.1) is 36.0 Å². The first-order valence-corrected chi connectivity index (χ1v) is 11.4. The molecule has 154 valence electrons. The molecule has 10 heteroatoms. The molecule has 0 spiro atoms. The van der Waals surface area contributed by atoms with E-state index in [-0.39, 0.29) is 35.7 Å². The molecule has 5 heterocycles. The van der Waals surface area contributed by atoms with Crippen LogP contribution in [0.1, 0.15) is 28.6 Å². The minimum absolute atomic E-state index is 0.00466. The van der Waals surface area contributed by atoms with Gasteiger partial charge < -0.3 is 14.1 Å². The molecule has 0 aliphatic carbocycles. The van der Waals surface area contributed by atoms with Gasteiger partial charge >= 0.3 is 0 Å². The maximum absolute atomic E-state index is 12.7. The van der Waals surface area contributed by atoms with Crippen LogP contribution in [0.5, 0.6) is 0 Å². The minimum atomic E-state index is -3.10. The van der Waals surface area contributed by atoms with Gasteiger partial charge in [0.1, 0.15) is 11.3 Å². The Morgan fingerprint density at radius 3 is 2.90 bits per heavy atom. The van der Waals surface area contributed by atoms with E-state index in [0.29, 0.717) is 17.9 Å². The summed E-state index contributed by atoms with van der Waals surface area (Å²) in [5.41, 5.74) is 2.31. The Morgan fingerprint density at radius 1 is 1.27 bits per heavy atom. The number of amides is 1. The van der Waals surface area contributed by atoms with E-state index in [1.54, 1.807) is 22.9 Å². The number of furan rings is 1. The number of nitrogens with one attached hydrogen (secondary N) is 1. The number of pyridine rings is 1. The average Bonchev–Trinajstić information content (AvgIpc) is 3.49. The summed E-state index contributed by atoms with van der Waals surface area (Å²) in [5, 5.41) is 7.25. The molecule has 1 aliphatic heterocycles. The lowest BCUT2D eigenvalue weighted by Gasteiger charge is -2.11. The highest BCUT2D eigenvalue weighted by Gasteiger charge is 2.32. The van der Waals surface area contributed by atoms with E-state index in [4.69, 9.17) is 4.42 Å². The van der Waals surface area contributed by atoms with E-state index in [2.05, 4.69) is 15.4 Å². The number of imidazole rings is 1. The summed E-state index contributed by atoms with van der Waals surface area (Å²) in [4.78, 5) is 17.2. The van der Waals surface area contributed by atoms with Crippen LogP contribution in [-0.4, -0.2) is 45.0 Å². The normalized spacial score (nSPS) is 18.1. The number of rotatable bonds is 5. The van der Waals surface area contributed by atoms with Crippen molar-refractivity contribution in [3.8, 4) is 11.5 Å². The van der Waals surface area contributed by atoms with Crippen molar-refractivity contribution in [2.75, 3.05) is 11.5 Å². The van der Waals surface area contributed by atoms with Crippen molar-refractivity contribution in [3.05, 3.63) is 66.4 Å². The molecule has 1 saturated heterocycles. The molecule has 4 aromatic heterocycles. The number of carbonyl (C=O) groups is 1. The van der Waals surface area contributed by atoms with Crippen molar-refractivity contribution in [3.63, 3.8) is 0 Å². The average molecular weight is 425 g/mol. The quantitative estimate of drug-likeness (QED) is 0.524. The zero-order chi connectivity index (χ0) is 20.7. The van der Waals surface area contributed by atoms with Crippen LogP contribution in [0, 0.1) is 0 Å². The SMILES string of the molecule is O=C(NCc1cn2ccccc2n1)c1cc(-c2ccco2)n(C2CCS(=O)(=O)C2)n1. The highest BCUT2D eigenvalue weighted by Crippen LogP contribution is 2.30. The predicted molar refractivity (Wildman–Crippen MR) is 109 cm³/mol. The van der Waals surface area contributed by atoms with E-state index in [1.165, 1.54) is 6.26 Å². The lowest BCUT2D eigenvalue weighted by atomic mass is 10.2. The minimum Gasteiger partial charge on any atom is -0.463 e. The molecule has 9 nitrogen and oxygen atoms in total. The van der Waals surface area contributed by atoms with Crippen molar-refractivity contribution < 1.29 is 17.6 Å². The Balaban J connectivity index is 1.39. The van der Waals surface area contributed by atoms with Crippen LogP contribution in [0.15, 0.2) is 59.5 Å². The first-order chi connectivity index (χ1) is 14.5. The van der Waals surface area contributed by atoms with Crippen LogP contribution in [-0.2, 0) is 16.4 Å². The summed E-state index contributed by atoms with van der Waals surface area (Å²) in [6, 6.07) is 10.5. The van der Waals surface area contributed by atoms with Crippen molar-refractivity contribution in [2.45, 2.75) is 19.0 Å². The van der Waals surface area contributed by atoms with Crippen LogP contribution < -0.4 is 5.32 Å². The van der Waals surface area contributed by atoms with Crippen LogP contribution >= 0.6 is 0 Å². The van der Waals surface area contributed by atoms with Gasteiger partial charge in [0.2, 0.25) is 0 Å². The monoisotopic (exact) mass is 425 g/mol. The second-order valence-corrected chi connectivity index (χ2v) is 9.50. The number of hydrogen-bond acceptors (Lipinski definition) is 6. The number of sulfone groups is 1. The predicted octanol–water partition coefficient (Wildman–Crippen LogP) is 2.08. The molecule has 1 N–H and O–H groups in total. The van der Waals surface area contributed by atoms with Gasteiger partial charge in [-0.05, 0) is 30.7 Å². The molecule has 0 radical (unpaired) electrons. The summed E-state index contributed by atoms with van der Waals surface area (Å²) >= 11 is 0. The molecule has 1 atom stereocenters. The highest BCUT2D eigenvalue weighted by atomic mass is 32.2. The third-order valence-electron chi connectivity index (χ3n) is 5.14. The molecule has 0 bridgehead atoms. The maximum Gasteiger partial charge on any atom is 0.272 e. The van der Waals surface area contributed by atoms with Gasteiger partial charge in [-0.15, -0.1) is 0 Å². The lowest BCUT2D eigenvalue weighted by Crippen LogP contribution is -2.24. The Bertz CT molecular complexity index is 1290. The largest absolute Gasteiger partial charge is 0.463 e. The Hall–Kier alpha value is -3.40. The van der Waals surface area contributed by atoms with Crippen LogP contribution in [0.4, 0.5) is 0 Å². The second-order valence-electron chi connectivity index (χ2n) is 7.27. The van der Waals surface area contributed by atoms with Gasteiger partial charge in [-0.3, -0.25) is 9.48 Å². The fraction of sp³-hybridized carbons (Fsp3) is 0.250. The van der Waals surface area contributed by atoms with Gasteiger partial charge in [0, 0.05) is 18.5 Å². The Labute approximate surface area is 172 Å². The van der Waals surface area contributed by atoms with Crippen LogP contribution in [0.2, 0.25) is 0 Å². The van der Waals surface area contributed by atoms with E-state index >= 15 is 0 Å². The first-order valence-electron chi connectivity index (χ1n) is 9.53. The summed E-state index contributed by atoms with van der Waals surface area (Å²) in [6.45, 7) is 0.251. The van der Waals surface area contributed by atoms with Crippen molar-refractivity contribution in [2.24, 2.45) is 0 Å². The molecule has 1 fully saturated rings. The molecule has 0 saturated carbocycles. The number of fused-ring (bicyclic) bond motifs is 1. The Morgan fingerprint density at radius 2 is 2.17 bits per heavy atom. The van der Waals surface area contributed by atoms with Crippen LogP contribution in [0.25, 0.3) is 17.1 Å². The van der Waals surface area contributed by atoms with E-state index in [0.717, 1.165) is 11.3 Å². The van der Waals surface area contributed by atoms with Gasteiger partial charge in [0.15, 0.2) is 21.3 Å². The standard InChI is InChI=1S/C20H19N5O4S/c26-20(21-11-14-12-24-7-2-1-5-19(24)22-14)16-10-17(18-4-3-8-29-18)25(23-16)15-6-9-30(27,28)13-15/h1-5,7-8,10,12,15H,6,9,11,13H2,(H,21,26). The summed E-state index contributed by atoms with van der Waals surface area (Å²) in [5.74, 6) is 0.292. The van der Waals surface area contributed by atoms with Gasteiger partial charge in [-0.25, -0.2) is 13.4 Å². The molecule has 4 aromatic rings. The molecule has 1 unspecified atom stereocenters. The fourth-order valence-electron chi connectivity index (χ4n) is 3.69. The van der Waals surface area contributed by atoms with Crippen LogP contribution in [0.3, 0.4) is 0 Å². The topological polar surface area (TPSA) is 111 Å². The zero-order valence-corrected chi connectivity index (χ0v) is 16.7. The number of hydrogen-bond donors (Lipinski definition) is 1. The van der Waals surface area contributed by atoms with Gasteiger partial charge in [0.25, 0.3) is 5.91 Å². The first kappa shape index (κ1) is 18.6. The molecular formula is C20H19N5O4S. The molecule has 1 amide bonds. The maximum atomic E-state index is 12.7. The second kappa shape index (κ2) is 7.13. The number of aromatic nitrogens is 4. The van der Waals surface area contributed by atoms with Gasteiger partial charge in [-0.2, -0.15) is 5.10 Å². The van der Waals surface area contributed by atoms with Gasteiger partial charge in [-0.1, -0.05) is 6.07 Å². The number of nitrogens with zero attached hydrogens (tertiary/aromatic N) is 4. The third kappa shape index (κ3) is 3.50. The summed E-state index contributed by atoms with van der Waals surface area (Å²) < 4.78 is 32.8. The highest BCUT2D eigenvalue weighted by molar-refractivity contribution is 7.91. The lowest BCUT2D eigenvalue weighted by molar-refractivity contribution is 0.0944. The molecule has 30 heavy (non-hydrogen) atoms. The smallest absolute Gasteiger partial charge is 0.272 e. The van der Waals surface area contributed by atoms with E-state index in [9.17, 15) is 13.2 Å². The third-order valence-corrected chi connectivity index (χ3v) is 6.89. The van der Waals surface area contributed by atoms with Crippen molar-refractivity contribution >= 4 is 21.4 Å². The summed E-state index contributed by atoms with van der Waals surface area (Å²) in [7, 11) is -3.10. The fourth-order valence-corrected chi connectivity index (χ4v) is 5.39. The molecule has 5 rings (SSSR count). The van der Waals surface area contributed by atoms with Crippen molar-refractivity contribution in [1.29, 1.82) is 0 Å². The number of carbonyl (C=O) groups excluding carboxylic acids is 1. The molecular weight excluding hydrogens is 406 g/mol. The molecule has 0 aromatic carbocycles.